The summed E-state index contributed by atoms with van der Waals surface area (Å²) in [5.74, 6) is -0.0838. The molecule has 21 heavy (non-hydrogen) atoms. The number of nitrogens with one attached hydrogen (secondary N) is 1. The minimum Gasteiger partial charge on any atom is -0.451 e. The highest BCUT2D eigenvalue weighted by Gasteiger charge is 2.12. The molecule has 0 unspecified atom stereocenters. The molecule has 1 N–H and O–H groups in total. The Labute approximate surface area is 129 Å². The fourth-order valence-electron chi connectivity index (χ4n) is 1.95. The van der Waals surface area contributed by atoms with E-state index in [1.807, 2.05) is 18.2 Å². The van der Waals surface area contributed by atoms with E-state index in [0.717, 1.165) is 9.86 Å². The molecule has 102 valence electrons. The number of nitriles is 1. The lowest BCUT2D eigenvalue weighted by Gasteiger charge is -2.02. The lowest BCUT2D eigenvalue weighted by Crippen LogP contribution is -2.10. The molecular formula is C16H9BrN2O2. The van der Waals surface area contributed by atoms with Gasteiger partial charge in [0.2, 0.25) is 0 Å². The van der Waals surface area contributed by atoms with Crippen molar-refractivity contribution in [3.05, 3.63) is 64.3 Å². The Balaban J connectivity index is 1.84. The number of anilines is 1. The van der Waals surface area contributed by atoms with Crippen LogP contribution in [0, 0.1) is 11.3 Å². The fraction of sp³-hybridized carbons (Fsp3) is 0. The van der Waals surface area contributed by atoms with E-state index in [1.165, 1.54) is 0 Å². The van der Waals surface area contributed by atoms with E-state index in [0.29, 0.717) is 16.8 Å². The molecule has 0 fully saturated rings. The van der Waals surface area contributed by atoms with Crippen LogP contribution in [0.25, 0.3) is 11.0 Å². The summed E-state index contributed by atoms with van der Waals surface area (Å²) in [6.07, 6.45) is 0. The number of carbonyl (C=O) groups is 1. The summed E-state index contributed by atoms with van der Waals surface area (Å²) >= 11 is 3.38. The average molecular weight is 341 g/mol. The molecular weight excluding hydrogens is 332 g/mol. The third kappa shape index (κ3) is 2.81. The number of fused-ring (bicyclic) bond motifs is 1. The van der Waals surface area contributed by atoms with Gasteiger partial charge in [0.05, 0.1) is 11.6 Å². The Hall–Kier alpha value is -2.58. The molecule has 0 atom stereocenters. The topological polar surface area (TPSA) is 66.0 Å². The van der Waals surface area contributed by atoms with Crippen LogP contribution in [-0.2, 0) is 0 Å². The van der Waals surface area contributed by atoms with Gasteiger partial charge in [0.25, 0.3) is 5.91 Å². The molecule has 0 saturated carbocycles. The molecule has 1 amide bonds. The summed E-state index contributed by atoms with van der Waals surface area (Å²) in [7, 11) is 0. The van der Waals surface area contributed by atoms with Gasteiger partial charge in [-0.1, -0.05) is 15.9 Å². The summed E-state index contributed by atoms with van der Waals surface area (Å²) < 4.78 is 6.44. The summed E-state index contributed by atoms with van der Waals surface area (Å²) in [6.45, 7) is 0. The lowest BCUT2D eigenvalue weighted by molar-refractivity contribution is 0.0998. The van der Waals surface area contributed by atoms with Gasteiger partial charge < -0.3 is 9.73 Å². The number of rotatable bonds is 2. The number of hydrogen-bond acceptors (Lipinski definition) is 3. The molecule has 0 aliphatic heterocycles. The van der Waals surface area contributed by atoms with Crippen molar-refractivity contribution in [2.45, 2.75) is 0 Å². The van der Waals surface area contributed by atoms with Crippen LogP contribution in [0.4, 0.5) is 5.69 Å². The van der Waals surface area contributed by atoms with Crippen LogP contribution >= 0.6 is 15.9 Å². The normalized spacial score (nSPS) is 10.3. The number of nitrogens with zero attached hydrogens (tertiary/aromatic N) is 1. The summed E-state index contributed by atoms with van der Waals surface area (Å²) in [5, 5.41) is 12.3. The highest BCUT2D eigenvalue weighted by Crippen LogP contribution is 2.24. The van der Waals surface area contributed by atoms with Gasteiger partial charge in [-0.3, -0.25) is 4.79 Å². The van der Waals surface area contributed by atoms with E-state index in [9.17, 15) is 4.79 Å². The molecule has 3 rings (SSSR count). The summed E-state index contributed by atoms with van der Waals surface area (Å²) in [6, 6.07) is 15.9. The van der Waals surface area contributed by atoms with Gasteiger partial charge in [0.1, 0.15) is 5.58 Å². The molecule has 0 spiro atoms. The highest BCUT2D eigenvalue weighted by atomic mass is 79.9. The van der Waals surface area contributed by atoms with E-state index in [1.54, 1.807) is 36.4 Å². The first-order chi connectivity index (χ1) is 10.2. The first kappa shape index (κ1) is 13.4. The molecule has 0 radical (unpaired) electrons. The number of furan rings is 1. The van der Waals surface area contributed by atoms with Crippen molar-refractivity contribution in [1.29, 1.82) is 5.26 Å². The van der Waals surface area contributed by atoms with Gasteiger partial charge in [0, 0.05) is 15.5 Å². The van der Waals surface area contributed by atoms with Crippen molar-refractivity contribution in [3.8, 4) is 6.07 Å². The second-order valence-corrected chi connectivity index (χ2v) is 5.35. The zero-order chi connectivity index (χ0) is 14.8. The second-order valence-electron chi connectivity index (χ2n) is 4.44. The van der Waals surface area contributed by atoms with Crippen LogP contribution in [-0.4, -0.2) is 5.91 Å². The van der Waals surface area contributed by atoms with Crippen LogP contribution in [0.1, 0.15) is 16.1 Å². The maximum absolute atomic E-state index is 12.1. The van der Waals surface area contributed by atoms with E-state index in [4.69, 9.17) is 9.68 Å². The van der Waals surface area contributed by atoms with Crippen molar-refractivity contribution in [2.24, 2.45) is 0 Å². The number of halogens is 1. The van der Waals surface area contributed by atoms with Crippen LogP contribution in [0.3, 0.4) is 0 Å². The van der Waals surface area contributed by atoms with Gasteiger partial charge in [-0.15, -0.1) is 0 Å². The lowest BCUT2D eigenvalue weighted by atomic mass is 10.2. The standard InChI is InChI=1S/C16H9BrN2O2/c17-12-3-6-14-11(7-12)8-15(21-14)16(20)19-13-4-1-10(9-18)2-5-13/h1-8H,(H,19,20). The first-order valence-electron chi connectivity index (χ1n) is 6.16. The number of carbonyl (C=O) groups excluding carboxylic acids is 1. The van der Waals surface area contributed by atoms with Crippen molar-refractivity contribution < 1.29 is 9.21 Å². The molecule has 1 aromatic heterocycles. The highest BCUT2D eigenvalue weighted by molar-refractivity contribution is 9.10. The average Bonchev–Trinajstić information content (AvgIpc) is 2.91. The molecule has 1 heterocycles. The molecule has 5 heteroatoms. The number of amides is 1. The maximum Gasteiger partial charge on any atom is 0.291 e. The SMILES string of the molecule is N#Cc1ccc(NC(=O)c2cc3cc(Br)ccc3o2)cc1. The van der Waals surface area contributed by atoms with Crippen molar-refractivity contribution in [1.82, 2.24) is 0 Å². The van der Waals surface area contributed by atoms with Gasteiger partial charge in [0.15, 0.2) is 5.76 Å². The molecule has 0 saturated heterocycles. The van der Waals surface area contributed by atoms with E-state index >= 15 is 0 Å². The Bertz CT molecular complexity index is 860. The third-order valence-corrected chi connectivity index (χ3v) is 3.47. The quantitative estimate of drug-likeness (QED) is 0.755. The molecule has 0 bridgehead atoms. The fourth-order valence-corrected chi connectivity index (χ4v) is 2.33. The molecule has 4 nitrogen and oxygen atoms in total. The monoisotopic (exact) mass is 340 g/mol. The Kier molecular flexibility index (Phi) is 3.46. The third-order valence-electron chi connectivity index (χ3n) is 2.97. The van der Waals surface area contributed by atoms with Gasteiger partial charge in [-0.25, -0.2) is 0 Å². The summed E-state index contributed by atoms with van der Waals surface area (Å²) in [5.41, 5.74) is 1.81. The minimum absolute atomic E-state index is 0.243. The Morgan fingerprint density at radius 1 is 1.14 bits per heavy atom. The second kappa shape index (κ2) is 5.43. The van der Waals surface area contributed by atoms with Gasteiger partial charge in [-0.05, 0) is 48.5 Å². The Morgan fingerprint density at radius 3 is 2.62 bits per heavy atom. The predicted octanol–water partition coefficient (Wildman–Crippen LogP) is 4.32. The maximum atomic E-state index is 12.1. The van der Waals surface area contributed by atoms with Gasteiger partial charge in [-0.2, -0.15) is 5.26 Å². The smallest absolute Gasteiger partial charge is 0.291 e. The largest absolute Gasteiger partial charge is 0.451 e. The first-order valence-corrected chi connectivity index (χ1v) is 6.95. The number of hydrogen-bond donors (Lipinski definition) is 1. The van der Waals surface area contributed by atoms with E-state index in [-0.39, 0.29) is 11.7 Å². The summed E-state index contributed by atoms with van der Waals surface area (Å²) in [4.78, 5) is 12.1. The van der Waals surface area contributed by atoms with Crippen molar-refractivity contribution in [2.75, 3.05) is 5.32 Å². The predicted molar refractivity (Wildman–Crippen MR) is 83.0 cm³/mol. The van der Waals surface area contributed by atoms with Crippen molar-refractivity contribution >= 4 is 38.5 Å². The zero-order valence-corrected chi connectivity index (χ0v) is 12.3. The van der Waals surface area contributed by atoms with Crippen LogP contribution in [0.2, 0.25) is 0 Å². The Morgan fingerprint density at radius 2 is 1.90 bits per heavy atom. The van der Waals surface area contributed by atoms with Crippen LogP contribution < -0.4 is 5.32 Å². The molecule has 0 aliphatic rings. The van der Waals surface area contributed by atoms with Gasteiger partial charge >= 0.3 is 0 Å². The zero-order valence-electron chi connectivity index (χ0n) is 10.8. The van der Waals surface area contributed by atoms with Crippen LogP contribution in [0.5, 0.6) is 0 Å². The molecule has 3 aromatic rings. The van der Waals surface area contributed by atoms with Crippen LogP contribution in [0.15, 0.2) is 57.4 Å². The van der Waals surface area contributed by atoms with E-state index < -0.39 is 0 Å². The molecule has 0 aliphatic carbocycles. The van der Waals surface area contributed by atoms with E-state index in [2.05, 4.69) is 21.2 Å². The minimum atomic E-state index is -0.327. The molecule has 2 aromatic carbocycles. The van der Waals surface area contributed by atoms with Crippen molar-refractivity contribution in [3.63, 3.8) is 0 Å². The number of benzene rings is 2.